The first-order valence-corrected chi connectivity index (χ1v) is 11.6. The van der Waals surface area contributed by atoms with Crippen LogP contribution in [0.25, 0.3) is 0 Å². The highest BCUT2D eigenvalue weighted by Gasteiger charge is 2.16. The summed E-state index contributed by atoms with van der Waals surface area (Å²) >= 11 is 0. The minimum atomic E-state index is -3.25. The molecule has 1 aromatic rings. The number of benzene rings is 1. The molecule has 0 aromatic heterocycles. The molecule has 0 unspecified atom stereocenters. The summed E-state index contributed by atoms with van der Waals surface area (Å²) in [5, 5.41) is 6.06. The zero-order chi connectivity index (χ0) is 20.6. The lowest BCUT2D eigenvalue weighted by molar-refractivity contribution is -0.130. The van der Waals surface area contributed by atoms with Crippen molar-refractivity contribution in [2.45, 2.75) is 38.5 Å². The van der Waals surface area contributed by atoms with Crippen LogP contribution in [0.3, 0.4) is 0 Å². The van der Waals surface area contributed by atoms with E-state index < -0.39 is 15.7 Å². The van der Waals surface area contributed by atoms with Gasteiger partial charge in [-0.3, -0.25) is 4.79 Å². The van der Waals surface area contributed by atoms with Gasteiger partial charge in [0.2, 0.25) is 5.91 Å². The van der Waals surface area contributed by atoms with Crippen LogP contribution in [0, 0.1) is 5.82 Å². The normalized spacial score (nSPS) is 15.4. The van der Waals surface area contributed by atoms with Crippen LogP contribution < -0.4 is 10.6 Å². The van der Waals surface area contributed by atoms with Crippen molar-refractivity contribution >= 4 is 21.7 Å². The Hall–Kier alpha value is -2.16. The van der Waals surface area contributed by atoms with Crippen LogP contribution in [-0.4, -0.2) is 57.6 Å². The number of sulfone groups is 1. The van der Waals surface area contributed by atoms with Gasteiger partial charge < -0.3 is 15.5 Å². The molecule has 1 fully saturated rings. The molecule has 1 saturated heterocycles. The number of rotatable bonds is 7. The third kappa shape index (κ3) is 7.46. The molecule has 2 N–H and O–H groups in total. The Labute approximate surface area is 166 Å². The zero-order valence-electron chi connectivity index (χ0n) is 16.5. The molecule has 1 heterocycles. The molecule has 0 radical (unpaired) electrons. The van der Waals surface area contributed by atoms with Gasteiger partial charge in [0, 0.05) is 25.9 Å². The largest absolute Gasteiger partial charge is 0.357 e. The maximum absolute atomic E-state index is 13.6. The Kier molecular flexibility index (Phi) is 8.22. The van der Waals surface area contributed by atoms with Crippen molar-refractivity contribution in [2.24, 2.45) is 4.99 Å². The van der Waals surface area contributed by atoms with Gasteiger partial charge in [0.1, 0.15) is 5.82 Å². The molecule has 2 rings (SSSR count). The average Bonchev–Trinajstić information content (AvgIpc) is 2.65. The topological polar surface area (TPSA) is 90.9 Å². The molecule has 0 aliphatic carbocycles. The summed E-state index contributed by atoms with van der Waals surface area (Å²) in [5.74, 6) is -0.160. The Morgan fingerprint density at radius 3 is 2.54 bits per heavy atom. The van der Waals surface area contributed by atoms with E-state index in [1.54, 1.807) is 0 Å². The molecule has 1 aliphatic rings. The summed E-state index contributed by atoms with van der Waals surface area (Å²) in [4.78, 5) is 18.5. The first-order valence-electron chi connectivity index (χ1n) is 9.53. The predicted octanol–water partition coefficient (Wildman–Crippen LogP) is 1.44. The minimum Gasteiger partial charge on any atom is -0.357 e. The number of piperidine rings is 1. The van der Waals surface area contributed by atoms with Gasteiger partial charge in [-0.1, -0.05) is 6.07 Å². The zero-order valence-corrected chi connectivity index (χ0v) is 17.3. The summed E-state index contributed by atoms with van der Waals surface area (Å²) < 4.78 is 36.9. The first-order chi connectivity index (χ1) is 13.3. The average molecular weight is 413 g/mol. The fourth-order valence-corrected chi connectivity index (χ4v) is 3.93. The molecule has 0 spiro atoms. The first kappa shape index (κ1) is 22.1. The maximum Gasteiger partial charge on any atom is 0.241 e. The minimum absolute atomic E-state index is 0.0221. The van der Waals surface area contributed by atoms with Gasteiger partial charge in [0.05, 0.1) is 18.8 Å². The number of aliphatic imine (C=N–C) groups is 1. The number of hydrogen-bond donors (Lipinski definition) is 2. The van der Waals surface area contributed by atoms with Crippen LogP contribution in [0.5, 0.6) is 0 Å². The second-order valence-electron chi connectivity index (χ2n) is 6.97. The maximum atomic E-state index is 13.6. The van der Waals surface area contributed by atoms with E-state index in [1.807, 2.05) is 11.8 Å². The fourth-order valence-electron chi connectivity index (χ4n) is 3.09. The van der Waals surface area contributed by atoms with E-state index in [4.69, 9.17) is 0 Å². The van der Waals surface area contributed by atoms with Gasteiger partial charge in [-0.15, -0.1) is 0 Å². The summed E-state index contributed by atoms with van der Waals surface area (Å²) in [6.07, 6.45) is 4.36. The molecule has 1 aromatic carbocycles. The highest BCUT2D eigenvalue weighted by atomic mass is 32.2. The summed E-state index contributed by atoms with van der Waals surface area (Å²) in [7, 11) is -3.25. The fraction of sp³-hybridized carbons (Fsp3) is 0.579. The van der Waals surface area contributed by atoms with Crippen molar-refractivity contribution < 1.29 is 17.6 Å². The van der Waals surface area contributed by atoms with Gasteiger partial charge in [0.25, 0.3) is 0 Å². The van der Waals surface area contributed by atoms with Crippen LogP contribution in [0.2, 0.25) is 0 Å². The third-order valence-electron chi connectivity index (χ3n) is 4.45. The Morgan fingerprint density at radius 2 is 1.89 bits per heavy atom. The second kappa shape index (κ2) is 10.4. The molecule has 0 saturated carbocycles. The van der Waals surface area contributed by atoms with Crippen molar-refractivity contribution in [1.29, 1.82) is 0 Å². The van der Waals surface area contributed by atoms with Crippen LogP contribution in [0.15, 0.2) is 23.2 Å². The van der Waals surface area contributed by atoms with Gasteiger partial charge in [-0.25, -0.2) is 17.8 Å². The number of carbonyl (C=O) groups is 1. The molecule has 28 heavy (non-hydrogen) atoms. The Morgan fingerprint density at radius 1 is 1.18 bits per heavy atom. The number of nitrogens with zero attached hydrogens (tertiary/aromatic N) is 2. The van der Waals surface area contributed by atoms with Crippen molar-refractivity contribution in [3.63, 3.8) is 0 Å². The van der Waals surface area contributed by atoms with E-state index in [9.17, 15) is 17.6 Å². The van der Waals surface area contributed by atoms with Gasteiger partial charge in [0.15, 0.2) is 15.8 Å². The predicted molar refractivity (Wildman–Crippen MR) is 108 cm³/mol. The van der Waals surface area contributed by atoms with E-state index >= 15 is 0 Å². The van der Waals surface area contributed by atoms with Crippen molar-refractivity contribution in [3.05, 3.63) is 35.1 Å². The molecule has 9 heteroatoms. The van der Waals surface area contributed by atoms with E-state index in [1.165, 1.54) is 18.2 Å². The number of nitrogens with one attached hydrogen (secondary N) is 2. The third-order valence-corrected chi connectivity index (χ3v) is 5.29. The quantitative estimate of drug-likeness (QED) is 0.522. The summed E-state index contributed by atoms with van der Waals surface area (Å²) in [6, 6.07) is 4.02. The van der Waals surface area contributed by atoms with Gasteiger partial charge >= 0.3 is 0 Å². The molecule has 0 atom stereocenters. The van der Waals surface area contributed by atoms with Gasteiger partial charge in [-0.05, 0) is 49.4 Å². The molecule has 1 aliphatic heterocycles. The van der Waals surface area contributed by atoms with Crippen LogP contribution in [0.4, 0.5) is 4.39 Å². The molecule has 1 amide bonds. The lowest BCUT2D eigenvalue weighted by atomic mass is 10.1. The van der Waals surface area contributed by atoms with Crippen LogP contribution in [-0.2, 0) is 26.9 Å². The van der Waals surface area contributed by atoms with Crippen molar-refractivity contribution in [2.75, 3.05) is 32.4 Å². The second-order valence-corrected chi connectivity index (χ2v) is 9.11. The van der Waals surface area contributed by atoms with Gasteiger partial charge in [-0.2, -0.15) is 0 Å². The summed E-state index contributed by atoms with van der Waals surface area (Å²) in [6.45, 7) is 4.31. The SMILES string of the molecule is CCNC(=NCc1cc(F)ccc1CS(C)(=O)=O)NCC(=O)N1CCCCC1. The number of amides is 1. The smallest absolute Gasteiger partial charge is 0.241 e. The van der Waals surface area contributed by atoms with Crippen LogP contribution >= 0.6 is 0 Å². The Balaban J connectivity index is 2.05. The molecule has 7 nitrogen and oxygen atoms in total. The number of likely N-dealkylation sites (tertiary alicyclic amines) is 1. The standard InChI is InChI=1S/C19H29FN4O3S/c1-3-21-19(23-13-18(25)24-9-5-4-6-10-24)22-12-16-11-17(20)8-7-15(16)14-28(2,26)27/h7-8,11H,3-6,9-10,12-14H2,1-2H3,(H2,21,22,23). The molecule has 156 valence electrons. The highest BCUT2D eigenvalue weighted by molar-refractivity contribution is 7.89. The van der Waals surface area contributed by atoms with Crippen molar-refractivity contribution in [1.82, 2.24) is 15.5 Å². The van der Waals surface area contributed by atoms with E-state index in [0.29, 0.717) is 23.6 Å². The summed E-state index contributed by atoms with van der Waals surface area (Å²) in [5.41, 5.74) is 1.03. The number of halogens is 1. The molecular formula is C19H29FN4O3S. The van der Waals surface area contributed by atoms with E-state index in [2.05, 4.69) is 15.6 Å². The number of hydrogen-bond acceptors (Lipinski definition) is 4. The van der Waals surface area contributed by atoms with E-state index in [0.717, 1.165) is 38.6 Å². The number of carbonyl (C=O) groups excluding carboxylic acids is 1. The molecule has 0 bridgehead atoms. The molecular weight excluding hydrogens is 383 g/mol. The Bertz CT molecular complexity index is 805. The number of guanidine groups is 1. The van der Waals surface area contributed by atoms with E-state index in [-0.39, 0.29) is 24.7 Å². The van der Waals surface area contributed by atoms with Crippen molar-refractivity contribution in [3.8, 4) is 0 Å². The highest BCUT2D eigenvalue weighted by Crippen LogP contribution is 2.15. The monoisotopic (exact) mass is 412 g/mol. The lowest BCUT2D eigenvalue weighted by Gasteiger charge is -2.27. The lowest BCUT2D eigenvalue weighted by Crippen LogP contribution is -2.46. The van der Waals surface area contributed by atoms with Crippen LogP contribution in [0.1, 0.15) is 37.3 Å².